The summed E-state index contributed by atoms with van der Waals surface area (Å²) in [7, 11) is 1.63. The van der Waals surface area contributed by atoms with Gasteiger partial charge in [0, 0.05) is 17.2 Å². The number of aryl methyl sites for hydroxylation is 3. The number of carbonyl (C=O) groups is 1. The normalized spacial score (nSPS) is 11.0. The first-order valence-corrected chi connectivity index (χ1v) is 11.3. The molecular formula is C29H29NO2. The average molecular weight is 424 g/mol. The molecule has 0 N–H and O–H groups in total. The highest BCUT2D eigenvalue weighted by Crippen LogP contribution is 2.35. The van der Waals surface area contributed by atoms with Crippen LogP contribution in [-0.2, 0) is 19.3 Å². The van der Waals surface area contributed by atoms with Crippen molar-refractivity contribution in [2.45, 2.75) is 40.0 Å². The third kappa shape index (κ3) is 3.80. The standard InChI is InChI=1S/C29H29NO2/c1-5-19-13-10-14-20(6-2)27(19)25-18-26(32-4)28(24(7-3)30-25)29(31)23-17-11-15-21-12-8-9-16-22(21)23/h8-18H,5-7H2,1-4H3. The van der Waals surface area contributed by atoms with Crippen molar-refractivity contribution in [2.75, 3.05) is 7.11 Å². The number of rotatable bonds is 7. The van der Waals surface area contributed by atoms with Gasteiger partial charge in [0.05, 0.1) is 24.1 Å². The molecule has 0 spiro atoms. The smallest absolute Gasteiger partial charge is 0.199 e. The minimum atomic E-state index is -0.0472. The lowest BCUT2D eigenvalue weighted by Crippen LogP contribution is -2.11. The Hall–Kier alpha value is -3.46. The second kappa shape index (κ2) is 9.35. The molecule has 3 nitrogen and oxygen atoms in total. The molecule has 0 bridgehead atoms. The van der Waals surface area contributed by atoms with E-state index < -0.39 is 0 Å². The van der Waals surface area contributed by atoms with Gasteiger partial charge in [0.25, 0.3) is 0 Å². The molecular weight excluding hydrogens is 394 g/mol. The number of methoxy groups -OCH3 is 1. The molecule has 0 amide bonds. The number of ether oxygens (including phenoxy) is 1. The summed E-state index contributed by atoms with van der Waals surface area (Å²) >= 11 is 0. The SMILES string of the molecule is CCc1cccc(CC)c1-c1cc(OC)c(C(=O)c2cccc3ccccc23)c(CC)n1. The highest BCUT2D eigenvalue weighted by molar-refractivity contribution is 6.18. The maximum absolute atomic E-state index is 13.8. The van der Waals surface area contributed by atoms with Crippen LogP contribution in [0.3, 0.4) is 0 Å². The van der Waals surface area contributed by atoms with E-state index in [1.165, 1.54) is 11.1 Å². The van der Waals surface area contributed by atoms with Crippen molar-refractivity contribution >= 4 is 16.6 Å². The zero-order valence-electron chi connectivity index (χ0n) is 19.2. The molecule has 0 saturated carbocycles. The van der Waals surface area contributed by atoms with E-state index in [1.54, 1.807) is 7.11 Å². The third-order valence-electron chi connectivity index (χ3n) is 6.13. The van der Waals surface area contributed by atoms with E-state index in [0.29, 0.717) is 23.3 Å². The van der Waals surface area contributed by atoms with Crippen molar-refractivity contribution in [1.29, 1.82) is 0 Å². The fourth-order valence-electron chi connectivity index (χ4n) is 4.49. The fourth-order valence-corrected chi connectivity index (χ4v) is 4.49. The lowest BCUT2D eigenvalue weighted by Gasteiger charge is -2.18. The van der Waals surface area contributed by atoms with Crippen molar-refractivity contribution in [2.24, 2.45) is 0 Å². The average Bonchev–Trinajstić information content (AvgIpc) is 2.86. The van der Waals surface area contributed by atoms with E-state index in [1.807, 2.05) is 55.5 Å². The molecule has 0 atom stereocenters. The quantitative estimate of drug-likeness (QED) is 0.306. The third-order valence-corrected chi connectivity index (χ3v) is 6.13. The second-order valence-electron chi connectivity index (χ2n) is 7.90. The molecule has 0 saturated heterocycles. The largest absolute Gasteiger partial charge is 0.496 e. The number of fused-ring (bicyclic) bond motifs is 1. The zero-order valence-corrected chi connectivity index (χ0v) is 19.2. The zero-order chi connectivity index (χ0) is 22.7. The molecule has 162 valence electrons. The van der Waals surface area contributed by atoms with E-state index in [0.717, 1.165) is 40.6 Å². The maximum atomic E-state index is 13.8. The maximum Gasteiger partial charge on any atom is 0.199 e. The predicted molar refractivity (Wildman–Crippen MR) is 132 cm³/mol. The summed E-state index contributed by atoms with van der Waals surface area (Å²) in [6.07, 6.45) is 2.49. The van der Waals surface area contributed by atoms with Gasteiger partial charge < -0.3 is 4.74 Å². The van der Waals surface area contributed by atoms with Crippen LogP contribution in [0.5, 0.6) is 5.75 Å². The van der Waals surface area contributed by atoms with Crippen molar-refractivity contribution in [3.05, 3.63) is 94.7 Å². The summed E-state index contributed by atoms with van der Waals surface area (Å²) in [5.74, 6) is 0.534. The van der Waals surface area contributed by atoms with Gasteiger partial charge in [0.2, 0.25) is 0 Å². The van der Waals surface area contributed by atoms with Crippen LogP contribution in [0, 0.1) is 0 Å². The van der Waals surface area contributed by atoms with E-state index in [2.05, 4.69) is 32.0 Å². The van der Waals surface area contributed by atoms with Crippen LogP contribution in [0.15, 0.2) is 66.7 Å². The predicted octanol–water partition coefficient (Wildman–Crippen LogP) is 6.83. The number of aromatic nitrogens is 1. The summed E-state index contributed by atoms with van der Waals surface area (Å²) in [5, 5.41) is 1.99. The first-order valence-electron chi connectivity index (χ1n) is 11.3. The van der Waals surface area contributed by atoms with Crippen LogP contribution in [0.25, 0.3) is 22.0 Å². The highest BCUT2D eigenvalue weighted by Gasteiger charge is 2.23. The summed E-state index contributed by atoms with van der Waals surface area (Å²) in [5.41, 5.74) is 6.56. The van der Waals surface area contributed by atoms with Crippen molar-refractivity contribution in [3.63, 3.8) is 0 Å². The van der Waals surface area contributed by atoms with Crippen LogP contribution in [-0.4, -0.2) is 17.9 Å². The van der Waals surface area contributed by atoms with Gasteiger partial charge in [-0.05, 0) is 41.2 Å². The first kappa shape index (κ1) is 21.8. The van der Waals surface area contributed by atoms with E-state index in [-0.39, 0.29) is 5.78 Å². The van der Waals surface area contributed by atoms with Gasteiger partial charge >= 0.3 is 0 Å². The number of pyridine rings is 1. The summed E-state index contributed by atoms with van der Waals surface area (Å²) in [4.78, 5) is 18.8. The molecule has 1 heterocycles. The van der Waals surface area contributed by atoms with Gasteiger partial charge in [0.1, 0.15) is 5.75 Å². The molecule has 0 aliphatic heterocycles. The fraction of sp³-hybridized carbons (Fsp3) is 0.241. The molecule has 1 aromatic heterocycles. The molecule has 0 radical (unpaired) electrons. The molecule has 0 unspecified atom stereocenters. The minimum absolute atomic E-state index is 0.0472. The van der Waals surface area contributed by atoms with Crippen molar-refractivity contribution < 1.29 is 9.53 Å². The Morgan fingerprint density at radius 2 is 1.50 bits per heavy atom. The Kier molecular flexibility index (Phi) is 6.36. The van der Waals surface area contributed by atoms with Gasteiger partial charge in [-0.1, -0.05) is 81.4 Å². The summed E-state index contributed by atoms with van der Waals surface area (Å²) in [6, 6.07) is 22.2. The lowest BCUT2D eigenvalue weighted by molar-refractivity contribution is 0.103. The number of nitrogens with zero attached hydrogens (tertiary/aromatic N) is 1. The highest BCUT2D eigenvalue weighted by atomic mass is 16.5. The van der Waals surface area contributed by atoms with E-state index in [4.69, 9.17) is 9.72 Å². The Morgan fingerprint density at radius 1 is 0.844 bits per heavy atom. The van der Waals surface area contributed by atoms with Crippen LogP contribution in [0.4, 0.5) is 0 Å². The number of hydrogen-bond acceptors (Lipinski definition) is 3. The van der Waals surface area contributed by atoms with Crippen molar-refractivity contribution in [3.8, 4) is 17.0 Å². The molecule has 0 aliphatic carbocycles. The molecule has 4 aromatic rings. The molecule has 3 heteroatoms. The number of benzene rings is 3. The molecule has 32 heavy (non-hydrogen) atoms. The molecule has 3 aromatic carbocycles. The molecule has 4 rings (SSSR count). The second-order valence-corrected chi connectivity index (χ2v) is 7.90. The molecule has 0 fully saturated rings. The van der Waals surface area contributed by atoms with Gasteiger partial charge in [-0.2, -0.15) is 0 Å². The number of hydrogen-bond donors (Lipinski definition) is 0. The minimum Gasteiger partial charge on any atom is -0.496 e. The lowest BCUT2D eigenvalue weighted by atomic mass is 9.91. The number of carbonyl (C=O) groups excluding carboxylic acids is 1. The summed E-state index contributed by atoms with van der Waals surface area (Å²) in [6.45, 7) is 6.36. The Labute approximate surface area is 190 Å². The Balaban J connectivity index is 1.93. The Morgan fingerprint density at radius 3 is 2.16 bits per heavy atom. The topological polar surface area (TPSA) is 39.2 Å². The monoisotopic (exact) mass is 423 g/mol. The first-order chi connectivity index (χ1) is 15.6. The molecule has 0 aliphatic rings. The summed E-state index contributed by atoms with van der Waals surface area (Å²) < 4.78 is 5.79. The van der Waals surface area contributed by atoms with E-state index in [9.17, 15) is 4.79 Å². The van der Waals surface area contributed by atoms with E-state index >= 15 is 0 Å². The van der Waals surface area contributed by atoms with Crippen LogP contribution < -0.4 is 4.74 Å². The van der Waals surface area contributed by atoms with Gasteiger partial charge in [-0.15, -0.1) is 0 Å². The van der Waals surface area contributed by atoms with Crippen LogP contribution in [0.1, 0.15) is 53.5 Å². The van der Waals surface area contributed by atoms with Gasteiger partial charge in [-0.25, -0.2) is 0 Å². The number of ketones is 1. The van der Waals surface area contributed by atoms with Gasteiger partial charge in [0.15, 0.2) is 5.78 Å². The van der Waals surface area contributed by atoms with Crippen LogP contribution in [0.2, 0.25) is 0 Å². The Bertz CT molecular complexity index is 1240. The van der Waals surface area contributed by atoms with Crippen molar-refractivity contribution in [1.82, 2.24) is 4.98 Å². The van der Waals surface area contributed by atoms with Crippen LogP contribution >= 0.6 is 0 Å². The van der Waals surface area contributed by atoms with Gasteiger partial charge in [-0.3, -0.25) is 9.78 Å².